The summed E-state index contributed by atoms with van der Waals surface area (Å²) in [6, 6.07) is 0. The number of aryl methyl sites for hydroxylation is 2. The summed E-state index contributed by atoms with van der Waals surface area (Å²) < 4.78 is 27.9. The molecule has 0 aliphatic rings. The minimum atomic E-state index is -3.78. The van der Waals surface area contributed by atoms with Crippen molar-refractivity contribution in [3.8, 4) is 0 Å². The first-order valence-electron chi connectivity index (χ1n) is 6.08. The summed E-state index contributed by atoms with van der Waals surface area (Å²) in [7, 11) is -3.78. The van der Waals surface area contributed by atoms with Crippen LogP contribution in [-0.4, -0.2) is 47.0 Å². The van der Waals surface area contributed by atoms with Gasteiger partial charge < -0.3 is 10.2 Å². The highest BCUT2D eigenvalue weighted by Crippen LogP contribution is 2.19. The van der Waals surface area contributed by atoms with Gasteiger partial charge in [-0.05, 0) is 20.8 Å². The second kappa shape index (κ2) is 6.33. The molecule has 1 atom stereocenters. The molecule has 9 heteroatoms. The van der Waals surface area contributed by atoms with E-state index in [0.717, 1.165) is 0 Å². The zero-order valence-electron chi connectivity index (χ0n) is 11.6. The molecule has 0 aliphatic heterocycles. The van der Waals surface area contributed by atoms with E-state index in [1.165, 1.54) is 11.6 Å². The number of carboxylic acids is 1. The number of aliphatic hydroxyl groups excluding tert-OH is 1. The van der Waals surface area contributed by atoms with Gasteiger partial charge in [-0.3, -0.25) is 9.48 Å². The lowest BCUT2D eigenvalue weighted by Gasteiger charge is -2.09. The third-order valence-corrected chi connectivity index (χ3v) is 4.37. The number of carboxylic acid groups (broad SMARTS) is 1. The molecule has 20 heavy (non-hydrogen) atoms. The van der Waals surface area contributed by atoms with Crippen LogP contribution >= 0.6 is 0 Å². The average Bonchev–Trinajstić information content (AvgIpc) is 2.59. The van der Waals surface area contributed by atoms with Crippen molar-refractivity contribution in [2.24, 2.45) is 0 Å². The van der Waals surface area contributed by atoms with Crippen LogP contribution in [0.4, 0.5) is 0 Å². The third kappa shape index (κ3) is 4.02. The van der Waals surface area contributed by atoms with Gasteiger partial charge >= 0.3 is 5.97 Å². The molecule has 0 unspecified atom stereocenters. The summed E-state index contributed by atoms with van der Waals surface area (Å²) in [6.45, 7) is 4.59. The van der Waals surface area contributed by atoms with Gasteiger partial charge in [-0.25, -0.2) is 13.1 Å². The summed E-state index contributed by atoms with van der Waals surface area (Å²) in [4.78, 5) is 10.6. The van der Waals surface area contributed by atoms with Crippen LogP contribution in [0.1, 0.15) is 24.7 Å². The summed E-state index contributed by atoms with van der Waals surface area (Å²) >= 11 is 0. The predicted octanol–water partition coefficient (Wildman–Crippen LogP) is -0.366. The van der Waals surface area contributed by atoms with E-state index < -0.39 is 22.1 Å². The van der Waals surface area contributed by atoms with Crippen molar-refractivity contribution in [1.82, 2.24) is 14.5 Å². The maximum absolute atomic E-state index is 12.1. The number of sulfonamides is 1. The minimum absolute atomic E-state index is 0.0311. The Morgan fingerprint density at radius 1 is 1.45 bits per heavy atom. The van der Waals surface area contributed by atoms with Gasteiger partial charge in [-0.2, -0.15) is 5.10 Å². The fourth-order valence-electron chi connectivity index (χ4n) is 1.79. The van der Waals surface area contributed by atoms with E-state index in [4.69, 9.17) is 10.2 Å². The first-order valence-corrected chi connectivity index (χ1v) is 7.57. The standard InChI is InChI=1S/C11H19N3O5S/c1-7(15)6-12-20(18,19)11-8(2)13-14(9(11)3)5-4-10(16)17/h7,12,15H,4-6H2,1-3H3,(H,16,17)/t7-/m1/s1. The number of aliphatic carboxylic acids is 1. The second-order valence-electron chi connectivity index (χ2n) is 4.57. The maximum atomic E-state index is 12.1. The number of hydrogen-bond donors (Lipinski definition) is 3. The van der Waals surface area contributed by atoms with Crippen molar-refractivity contribution >= 4 is 16.0 Å². The molecule has 0 amide bonds. The van der Waals surface area contributed by atoms with Crippen LogP contribution < -0.4 is 4.72 Å². The zero-order valence-corrected chi connectivity index (χ0v) is 12.4. The monoisotopic (exact) mass is 305 g/mol. The van der Waals surface area contributed by atoms with Crippen molar-refractivity contribution in [2.75, 3.05) is 6.54 Å². The van der Waals surface area contributed by atoms with Gasteiger partial charge in [0.25, 0.3) is 0 Å². The molecule has 3 N–H and O–H groups in total. The predicted molar refractivity (Wildman–Crippen MR) is 70.8 cm³/mol. The molecule has 0 aliphatic carbocycles. The number of aliphatic hydroxyl groups is 1. The maximum Gasteiger partial charge on any atom is 0.305 e. The summed E-state index contributed by atoms with van der Waals surface area (Å²) in [5, 5.41) is 21.8. The first kappa shape index (κ1) is 16.6. The Morgan fingerprint density at radius 3 is 2.55 bits per heavy atom. The second-order valence-corrected chi connectivity index (χ2v) is 6.27. The van der Waals surface area contributed by atoms with E-state index in [9.17, 15) is 13.2 Å². The van der Waals surface area contributed by atoms with Crippen LogP contribution in [0.15, 0.2) is 4.90 Å². The lowest BCUT2D eigenvalue weighted by Crippen LogP contribution is -2.31. The van der Waals surface area contributed by atoms with E-state index in [-0.39, 0.29) is 24.4 Å². The molecule has 0 spiro atoms. The van der Waals surface area contributed by atoms with Crippen LogP contribution in [-0.2, 0) is 21.4 Å². The van der Waals surface area contributed by atoms with Crippen molar-refractivity contribution in [1.29, 1.82) is 0 Å². The van der Waals surface area contributed by atoms with Crippen LogP contribution in [0.2, 0.25) is 0 Å². The molecule has 1 heterocycles. The molecule has 0 bridgehead atoms. The number of rotatable bonds is 7. The highest BCUT2D eigenvalue weighted by molar-refractivity contribution is 7.89. The first-order chi connectivity index (χ1) is 9.15. The summed E-state index contributed by atoms with van der Waals surface area (Å²) in [5.74, 6) is -0.978. The van der Waals surface area contributed by atoms with E-state index in [2.05, 4.69) is 9.82 Å². The molecule has 0 saturated heterocycles. The number of nitrogens with one attached hydrogen (secondary N) is 1. The van der Waals surface area contributed by atoms with Gasteiger partial charge in [0, 0.05) is 6.54 Å². The molecule has 1 aromatic rings. The highest BCUT2D eigenvalue weighted by atomic mass is 32.2. The number of hydrogen-bond acceptors (Lipinski definition) is 5. The van der Waals surface area contributed by atoms with Crippen LogP contribution in [0, 0.1) is 13.8 Å². The Hall–Kier alpha value is -1.45. The smallest absolute Gasteiger partial charge is 0.305 e. The van der Waals surface area contributed by atoms with Gasteiger partial charge in [0.1, 0.15) is 4.90 Å². The van der Waals surface area contributed by atoms with E-state index in [1.54, 1.807) is 13.8 Å². The van der Waals surface area contributed by atoms with Crippen molar-refractivity contribution in [3.05, 3.63) is 11.4 Å². The molecule has 114 valence electrons. The largest absolute Gasteiger partial charge is 0.481 e. The highest BCUT2D eigenvalue weighted by Gasteiger charge is 2.24. The van der Waals surface area contributed by atoms with E-state index in [0.29, 0.717) is 11.4 Å². The number of aromatic nitrogens is 2. The average molecular weight is 305 g/mol. The quantitative estimate of drug-likeness (QED) is 0.632. The molecule has 0 aromatic carbocycles. The number of nitrogens with zero attached hydrogens (tertiary/aromatic N) is 2. The van der Waals surface area contributed by atoms with Gasteiger partial charge in [-0.15, -0.1) is 0 Å². The lowest BCUT2D eigenvalue weighted by molar-refractivity contribution is -0.137. The summed E-state index contributed by atoms with van der Waals surface area (Å²) in [6.07, 6.45) is -0.935. The molecule has 8 nitrogen and oxygen atoms in total. The van der Waals surface area contributed by atoms with Gasteiger partial charge in [0.15, 0.2) is 0 Å². The van der Waals surface area contributed by atoms with Crippen molar-refractivity contribution in [3.63, 3.8) is 0 Å². The normalized spacial score (nSPS) is 13.4. The third-order valence-electron chi connectivity index (χ3n) is 2.69. The van der Waals surface area contributed by atoms with Gasteiger partial charge in [0.2, 0.25) is 10.0 Å². The SMILES string of the molecule is Cc1nn(CCC(=O)O)c(C)c1S(=O)(=O)NC[C@@H](C)O. The number of carbonyl (C=O) groups is 1. The zero-order chi connectivity index (χ0) is 15.5. The minimum Gasteiger partial charge on any atom is -0.481 e. The van der Waals surface area contributed by atoms with Crippen LogP contribution in [0.3, 0.4) is 0 Å². The Labute approximate surface area is 117 Å². The Morgan fingerprint density at radius 2 is 2.05 bits per heavy atom. The lowest BCUT2D eigenvalue weighted by atomic mass is 10.4. The van der Waals surface area contributed by atoms with Gasteiger partial charge in [-0.1, -0.05) is 0 Å². The van der Waals surface area contributed by atoms with E-state index in [1.807, 2.05) is 0 Å². The fourth-order valence-corrected chi connectivity index (χ4v) is 3.32. The molecule has 1 rings (SSSR count). The van der Waals surface area contributed by atoms with Crippen molar-refractivity contribution in [2.45, 2.75) is 44.7 Å². The Bertz CT molecular complexity index is 591. The molecule has 0 radical (unpaired) electrons. The molecular formula is C11H19N3O5S. The molecular weight excluding hydrogens is 286 g/mol. The van der Waals surface area contributed by atoms with Crippen LogP contribution in [0.5, 0.6) is 0 Å². The topological polar surface area (TPSA) is 122 Å². The fraction of sp³-hybridized carbons (Fsp3) is 0.636. The molecule has 0 fully saturated rings. The van der Waals surface area contributed by atoms with Crippen LogP contribution in [0.25, 0.3) is 0 Å². The Balaban J connectivity index is 3.04. The molecule has 0 saturated carbocycles. The van der Waals surface area contributed by atoms with E-state index >= 15 is 0 Å². The van der Waals surface area contributed by atoms with Crippen molar-refractivity contribution < 1.29 is 23.4 Å². The summed E-state index contributed by atoms with van der Waals surface area (Å²) in [5.41, 5.74) is 0.674. The molecule has 1 aromatic heterocycles. The van der Waals surface area contributed by atoms with Gasteiger partial charge in [0.05, 0.1) is 30.5 Å². The Kier molecular flexibility index (Phi) is 5.26.